The van der Waals surface area contributed by atoms with Gasteiger partial charge in [-0.3, -0.25) is 14.9 Å². The van der Waals surface area contributed by atoms with Gasteiger partial charge in [0, 0.05) is 19.1 Å². The monoisotopic (exact) mass is 241 g/mol. The van der Waals surface area contributed by atoms with Crippen LogP contribution in [-0.4, -0.2) is 48.4 Å². The zero-order valence-electron chi connectivity index (χ0n) is 11.0. The minimum Gasteiger partial charge on any atom is -0.353 e. The third-order valence-electron chi connectivity index (χ3n) is 2.81. The van der Waals surface area contributed by atoms with Crippen molar-refractivity contribution in [2.75, 3.05) is 19.6 Å². The van der Waals surface area contributed by atoms with Crippen LogP contribution in [0, 0.1) is 0 Å². The van der Waals surface area contributed by atoms with Crippen LogP contribution in [0.3, 0.4) is 0 Å². The Morgan fingerprint density at radius 3 is 2.29 bits per heavy atom. The lowest BCUT2D eigenvalue weighted by molar-refractivity contribution is -0.132. The standard InChI is InChI=1S/C12H23N3O2/c1-9(2)14-11(16)8-13-10(3)12(17)15-6-4-5-7-15/h9-10,13H,4-8H2,1-3H3,(H,14,16). The lowest BCUT2D eigenvalue weighted by atomic mass is 10.3. The Hall–Kier alpha value is -1.10. The van der Waals surface area contributed by atoms with Crippen LogP contribution >= 0.6 is 0 Å². The van der Waals surface area contributed by atoms with Crippen molar-refractivity contribution in [3.05, 3.63) is 0 Å². The molecule has 0 aliphatic carbocycles. The molecule has 17 heavy (non-hydrogen) atoms. The second-order valence-electron chi connectivity index (χ2n) is 4.86. The molecule has 98 valence electrons. The molecular weight excluding hydrogens is 218 g/mol. The van der Waals surface area contributed by atoms with Gasteiger partial charge in [-0.25, -0.2) is 0 Å². The highest BCUT2D eigenvalue weighted by Gasteiger charge is 2.23. The van der Waals surface area contributed by atoms with Gasteiger partial charge in [-0.15, -0.1) is 0 Å². The molecule has 1 fully saturated rings. The first-order valence-electron chi connectivity index (χ1n) is 6.32. The average molecular weight is 241 g/mol. The molecule has 2 N–H and O–H groups in total. The van der Waals surface area contributed by atoms with Crippen LogP contribution in [0.25, 0.3) is 0 Å². The van der Waals surface area contributed by atoms with Crippen molar-refractivity contribution in [2.45, 2.75) is 45.7 Å². The Bertz CT molecular complexity index is 273. The summed E-state index contributed by atoms with van der Waals surface area (Å²) in [4.78, 5) is 25.2. The second-order valence-corrected chi connectivity index (χ2v) is 4.86. The van der Waals surface area contributed by atoms with E-state index in [1.165, 1.54) is 0 Å². The molecule has 2 amide bonds. The molecule has 0 spiro atoms. The summed E-state index contributed by atoms with van der Waals surface area (Å²) in [7, 11) is 0. The first kappa shape index (κ1) is 14.0. The van der Waals surface area contributed by atoms with Crippen LogP contribution in [0.15, 0.2) is 0 Å². The molecule has 1 aliphatic rings. The third-order valence-corrected chi connectivity index (χ3v) is 2.81. The van der Waals surface area contributed by atoms with E-state index in [1.54, 1.807) is 0 Å². The normalized spacial score (nSPS) is 17.3. The zero-order chi connectivity index (χ0) is 12.8. The van der Waals surface area contributed by atoms with Crippen LogP contribution in [0.2, 0.25) is 0 Å². The van der Waals surface area contributed by atoms with Gasteiger partial charge in [0.2, 0.25) is 11.8 Å². The maximum Gasteiger partial charge on any atom is 0.239 e. The van der Waals surface area contributed by atoms with E-state index in [1.807, 2.05) is 25.7 Å². The fourth-order valence-electron chi connectivity index (χ4n) is 1.92. The number of hydrogen-bond acceptors (Lipinski definition) is 3. The molecule has 1 unspecified atom stereocenters. The minimum atomic E-state index is -0.286. The summed E-state index contributed by atoms with van der Waals surface area (Å²) < 4.78 is 0. The minimum absolute atomic E-state index is 0.0685. The molecule has 0 bridgehead atoms. The number of carbonyl (C=O) groups is 2. The number of nitrogens with zero attached hydrogens (tertiary/aromatic N) is 1. The summed E-state index contributed by atoms with van der Waals surface area (Å²) in [5.41, 5.74) is 0. The number of nitrogens with one attached hydrogen (secondary N) is 2. The van der Waals surface area contributed by atoms with E-state index in [0.717, 1.165) is 25.9 Å². The molecule has 1 heterocycles. The maximum absolute atomic E-state index is 11.9. The van der Waals surface area contributed by atoms with Gasteiger partial charge in [0.1, 0.15) is 0 Å². The van der Waals surface area contributed by atoms with Crippen LogP contribution in [0.1, 0.15) is 33.6 Å². The molecule has 1 aliphatic heterocycles. The van der Waals surface area contributed by atoms with Crippen LogP contribution < -0.4 is 10.6 Å². The van der Waals surface area contributed by atoms with Crippen molar-refractivity contribution in [3.63, 3.8) is 0 Å². The molecule has 0 aromatic heterocycles. The lowest BCUT2D eigenvalue weighted by Gasteiger charge is -2.21. The van der Waals surface area contributed by atoms with E-state index >= 15 is 0 Å². The summed E-state index contributed by atoms with van der Waals surface area (Å²) in [6, 6.07) is -0.153. The number of amides is 2. The molecule has 1 rings (SSSR count). The summed E-state index contributed by atoms with van der Waals surface area (Å²) >= 11 is 0. The van der Waals surface area contributed by atoms with Gasteiger partial charge >= 0.3 is 0 Å². The molecule has 0 aromatic rings. The summed E-state index contributed by atoms with van der Waals surface area (Å²) in [5.74, 6) is 0.0286. The lowest BCUT2D eigenvalue weighted by Crippen LogP contribution is -2.47. The van der Waals surface area contributed by atoms with Gasteiger partial charge in [0.15, 0.2) is 0 Å². The molecule has 0 radical (unpaired) electrons. The number of rotatable bonds is 5. The zero-order valence-corrected chi connectivity index (χ0v) is 11.0. The Morgan fingerprint density at radius 2 is 1.76 bits per heavy atom. The highest BCUT2D eigenvalue weighted by molar-refractivity contribution is 5.83. The van der Waals surface area contributed by atoms with Crippen molar-refractivity contribution in [1.29, 1.82) is 0 Å². The molecule has 0 saturated carbocycles. The van der Waals surface area contributed by atoms with Crippen molar-refractivity contribution in [1.82, 2.24) is 15.5 Å². The van der Waals surface area contributed by atoms with Crippen molar-refractivity contribution in [3.8, 4) is 0 Å². The largest absolute Gasteiger partial charge is 0.353 e. The van der Waals surface area contributed by atoms with E-state index < -0.39 is 0 Å². The van der Waals surface area contributed by atoms with E-state index in [-0.39, 0.29) is 30.4 Å². The number of hydrogen-bond donors (Lipinski definition) is 2. The smallest absolute Gasteiger partial charge is 0.239 e. The Labute approximate surface area is 103 Å². The Balaban J connectivity index is 2.26. The van der Waals surface area contributed by atoms with Gasteiger partial charge in [-0.05, 0) is 33.6 Å². The van der Waals surface area contributed by atoms with E-state index in [0.29, 0.717) is 0 Å². The van der Waals surface area contributed by atoms with Crippen molar-refractivity contribution >= 4 is 11.8 Å². The maximum atomic E-state index is 11.9. The van der Waals surface area contributed by atoms with Gasteiger partial charge in [-0.2, -0.15) is 0 Å². The fourth-order valence-corrected chi connectivity index (χ4v) is 1.92. The van der Waals surface area contributed by atoms with Crippen molar-refractivity contribution < 1.29 is 9.59 Å². The Morgan fingerprint density at radius 1 is 1.18 bits per heavy atom. The molecule has 0 aromatic carbocycles. The third kappa shape index (κ3) is 4.73. The van der Waals surface area contributed by atoms with E-state index in [2.05, 4.69) is 10.6 Å². The van der Waals surface area contributed by atoms with Crippen molar-refractivity contribution in [2.24, 2.45) is 0 Å². The topological polar surface area (TPSA) is 61.4 Å². The molecular formula is C12H23N3O2. The van der Waals surface area contributed by atoms with E-state index in [4.69, 9.17) is 0 Å². The van der Waals surface area contributed by atoms with Crippen LogP contribution in [0.5, 0.6) is 0 Å². The second kappa shape index (κ2) is 6.59. The summed E-state index contributed by atoms with van der Waals surface area (Å²) in [5, 5.41) is 5.74. The van der Waals surface area contributed by atoms with Crippen LogP contribution in [0.4, 0.5) is 0 Å². The first-order chi connectivity index (χ1) is 8.00. The van der Waals surface area contributed by atoms with Gasteiger partial charge < -0.3 is 10.2 Å². The molecule has 5 heteroatoms. The molecule has 1 atom stereocenters. The molecule has 1 saturated heterocycles. The van der Waals surface area contributed by atoms with Gasteiger partial charge in [0.25, 0.3) is 0 Å². The van der Waals surface area contributed by atoms with Gasteiger partial charge in [0.05, 0.1) is 12.6 Å². The quantitative estimate of drug-likeness (QED) is 0.718. The summed E-state index contributed by atoms with van der Waals surface area (Å²) in [6.45, 7) is 7.53. The van der Waals surface area contributed by atoms with Gasteiger partial charge in [-0.1, -0.05) is 0 Å². The molecule has 5 nitrogen and oxygen atoms in total. The number of carbonyl (C=O) groups excluding carboxylic acids is 2. The summed E-state index contributed by atoms with van der Waals surface area (Å²) in [6.07, 6.45) is 2.18. The predicted molar refractivity (Wildman–Crippen MR) is 66.6 cm³/mol. The average Bonchev–Trinajstić information content (AvgIpc) is 2.77. The fraction of sp³-hybridized carbons (Fsp3) is 0.833. The van der Waals surface area contributed by atoms with E-state index in [9.17, 15) is 9.59 Å². The predicted octanol–water partition coefficient (Wildman–Crippen LogP) is 0.112. The number of likely N-dealkylation sites (tertiary alicyclic amines) is 1. The SMILES string of the molecule is CC(C)NC(=O)CNC(C)C(=O)N1CCCC1. The Kier molecular flexibility index (Phi) is 5.41. The highest BCUT2D eigenvalue weighted by atomic mass is 16.2. The van der Waals surface area contributed by atoms with Crippen LogP contribution in [-0.2, 0) is 9.59 Å². The highest BCUT2D eigenvalue weighted by Crippen LogP contribution is 2.08. The first-order valence-corrected chi connectivity index (χ1v) is 6.32.